The van der Waals surface area contributed by atoms with Crippen molar-refractivity contribution in [3.8, 4) is 5.75 Å². The minimum absolute atomic E-state index is 0.0305. The molecule has 0 unspecified atom stereocenters. The van der Waals surface area contributed by atoms with Gasteiger partial charge in [0.15, 0.2) is 0 Å². The van der Waals surface area contributed by atoms with Gasteiger partial charge in [-0.15, -0.1) is 0 Å². The molecule has 0 saturated heterocycles. The summed E-state index contributed by atoms with van der Waals surface area (Å²) in [5.74, 6) is 0.699. The normalized spacial score (nSPS) is 10.0. The molecule has 2 aromatic rings. The fraction of sp³-hybridized carbons (Fsp3) is 0.188. The Morgan fingerprint density at radius 2 is 1.89 bits per heavy atom. The average molecular weight is 255 g/mol. The summed E-state index contributed by atoms with van der Waals surface area (Å²) >= 11 is 0. The van der Waals surface area contributed by atoms with E-state index in [-0.39, 0.29) is 5.91 Å². The van der Waals surface area contributed by atoms with E-state index in [1.165, 1.54) is 5.56 Å². The van der Waals surface area contributed by atoms with Gasteiger partial charge in [0.1, 0.15) is 5.75 Å². The molecule has 0 atom stereocenters. The van der Waals surface area contributed by atoms with E-state index in [9.17, 15) is 4.79 Å². The lowest BCUT2D eigenvalue weighted by Crippen LogP contribution is -2.14. The van der Waals surface area contributed by atoms with Gasteiger partial charge in [-0.25, -0.2) is 0 Å². The number of hydrogen-bond acceptors (Lipinski definition) is 2. The molecule has 2 aromatic carbocycles. The second-order valence-electron chi connectivity index (χ2n) is 4.44. The van der Waals surface area contributed by atoms with Crippen LogP contribution in [-0.4, -0.2) is 13.0 Å². The SMILES string of the molecule is COc1cccc(NC(=O)Cc2ccc(C)cc2)c1. The molecular weight excluding hydrogens is 238 g/mol. The maximum Gasteiger partial charge on any atom is 0.228 e. The zero-order valence-electron chi connectivity index (χ0n) is 11.1. The maximum absolute atomic E-state index is 11.9. The van der Waals surface area contributed by atoms with Crippen LogP contribution in [0.1, 0.15) is 11.1 Å². The Labute approximate surface area is 113 Å². The Bertz CT molecular complexity index is 561. The first-order chi connectivity index (χ1) is 9.17. The molecule has 1 N–H and O–H groups in total. The van der Waals surface area contributed by atoms with Gasteiger partial charge < -0.3 is 10.1 Å². The third-order valence-corrected chi connectivity index (χ3v) is 2.84. The van der Waals surface area contributed by atoms with Gasteiger partial charge in [-0.1, -0.05) is 35.9 Å². The molecule has 2 rings (SSSR count). The van der Waals surface area contributed by atoms with Crippen molar-refractivity contribution in [2.75, 3.05) is 12.4 Å². The highest BCUT2D eigenvalue weighted by molar-refractivity contribution is 5.92. The van der Waals surface area contributed by atoms with Crippen LogP contribution in [-0.2, 0) is 11.2 Å². The lowest BCUT2D eigenvalue weighted by molar-refractivity contribution is -0.115. The van der Waals surface area contributed by atoms with Crippen molar-refractivity contribution < 1.29 is 9.53 Å². The molecule has 98 valence electrons. The molecule has 0 aromatic heterocycles. The van der Waals surface area contributed by atoms with Crippen LogP contribution >= 0.6 is 0 Å². The molecule has 0 spiro atoms. The second-order valence-corrected chi connectivity index (χ2v) is 4.44. The quantitative estimate of drug-likeness (QED) is 0.911. The Kier molecular flexibility index (Phi) is 4.18. The second kappa shape index (κ2) is 6.05. The minimum atomic E-state index is -0.0305. The summed E-state index contributed by atoms with van der Waals surface area (Å²) in [6, 6.07) is 15.3. The molecule has 0 fully saturated rings. The lowest BCUT2D eigenvalue weighted by atomic mass is 10.1. The summed E-state index contributed by atoms with van der Waals surface area (Å²) < 4.78 is 5.12. The van der Waals surface area contributed by atoms with Crippen molar-refractivity contribution in [1.29, 1.82) is 0 Å². The smallest absolute Gasteiger partial charge is 0.228 e. The van der Waals surface area contributed by atoms with Gasteiger partial charge in [-0.3, -0.25) is 4.79 Å². The fourth-order valence-electron chi connectivity index (χ4n) is 1.80. The van der Waals surface area contributed by atoms with Gasteiger partial charge >= 0.3 is 0 Å². The van der Waals surface area contributed by atoms with Crippen LogP contribution in [0.2, 0.25) is 0 Å². The van der Waals surface area contributed by atoms with Gasteiger partial charge in [-0.2, -0.15) is 0 Å². The van der Waals surface area contributed by atoms with Crippen molar-refractivity contribution in [2.45, 2.75) is 13.3 Å². The molecular formula is C16H17NO2. The number of carbonyl (C=O) groups excluding carboxylic acids is 1. The molecule has 0 aliphatic carbocycles. The highest BCUT2D eigenvalue weighted by Crippen LogP contribution is 2.17. The number of hydrogen-bond donors (Lipinski definition) is 1. The number of anilines is 1. The summed E-state index contributed by atoms with van der Waals surface area (Å²) in [7, 11) is 1.60. The summed E-state index contributed by atoms with van der Waals surface area (Å²) in [6.07, 6.45) is 0.373. The number of rotatable bonds is 4. The van der Waals surface area contributed by atoms with Crippen molar-refractivity contribution in [3.63, 3.8) is 0 Å². The minimum Gasteiger partial charge on any atom is -0.497 e. The van der Waals surface area contributed by atoms with Crippen LogP contribution in [0.5, 0.6) is 5.75 Å². The first-order valence-corrected chi connectivity index (χ1v) is 6.17. The van der Waals surface area contributed by atoms with Crippen LogP contribution in [0.25, 0.3) is 0 Å². The molecule has 19 heavy (non-hydrogen) atoms. The summed E-state index contributed by atoms with van der Waals surface area (Å²) in [4.78, 5) is 11.9. The number of carbonyl (C=O) groups is 1. The Balaban J connectivity index is 1.99. The molecule has 0 heterocycles. The number of nitrogens with one attached hydrogen (secondary N) is 1. The Hall–Kier alpha value is -2.29. The van der Waals surface area contributed by atoms with E-state index in [2.05, 4.69) is 5.32 Å². The van der Waals surface area contributed by atoms with Gasteiger partial charge in [0, 0.05) is 11.8 Å². The molecule has 0 saturated carbocycles. The molecule has 0 aliphatic heterocycles. The van der Waals surface area contributed by atoms with Crippen molar-refractivity contribution in [3.05, 3.63) is 59.7 Å². The Morgan fingerprint density at radius 1 is 1.16 bits per heavy atom. The van der Waals surface area contributed by atoms with E-state index in [4.69, 9.17) is 4.74 Å². The first-order valence-electron chi connectivity index (χ1n) is 6.17. The highest BCUT2D eigenvalue weighted by Gasteiger charge is 2.04. The van der Waals surface area contributed by atoms with E-state index >= 15 is 0 Å². The lowest BCUT2D eigenvalue weighted by Gasteiger charge is -2.07. The molecule has 0 radical (unpaired) electrons. The number of benzene rings is 2. The summed E-state index contributed by atoms with van der Waals surface area (Å²) in [5, 5.41) is 2.86. The van der Waals surface area contributed by atoms with Gasteiger partial charge in [0.05, 0.1) is 13.5 Å². The largest absolute Gasteiger partial charge is 0.497 e. The zero-order chi connectivity index (χ0) is 13.7. The van der Waals surface area contributed by atoms with Gasteiger partial charge in [0.25, 0.3) is 0 Å². The van der Waals surface area contributed by atoms with Crippen LogP contribution in [0, 0.1) is 6.92 Å². The van der Waals surface area contributed by atoms with Crippen LogP contribution in [0.3, 0.4) is 0 Å². The number of methoxy groups -OCH3 is 1. The van der Waals surface area contributed by atoms with Crippen molar-refractivity contribution in [1.82, 2.24) is 0 Å². The first kappa shape index (κ1) is 13.1. The van der Waals surface area contributed by atoms with Crippen LogP contribution < -0.4 is 10.1 Å². The predicted octanol–water partition coefficient (Wildman–Crippen LogP) is 3.18. The fourth-order valence-corrected chi connectivity index (χ4v) is 1.80. The summed E-state index contributed by atoms with van der Waals surface area (Å²) in [6.45, 7) is 2.03. The average Bonchev–Trinajstić information content (AvgIpc) is 2.41. The van der Waals surface area contributed by atoms with E-state index in [0.29, 0.717) is 6.42 Å². The zero-order valence-corrected chi connectivity index (χ0v) is 11.1. The monoisotopic (exact) mass is 255 g/mol. The van der Waals surface area contributed by atoms with Crippen LogP contribution in [0.4, 0.5) is 5.69 Å². The van der Waals surface area contributed by atoms with Gasteiger partial charge in [0.2, 0.25) is 5.91 Å². The van der Waals surface area contributed by atoms with Gasteiger partial charge in [-0.05, 0) is 24.6 Å². The van der Waals surface area contributed by atoms with E-state index in [1.54, 1.807) is 13.2 Å². The molecule has 3 nitrogen and oxygen atoms in total. The van der Waals surface area contributed by atoms with E-state index in [1.807, 2.05) is 49.4 Å². The van der Waals surface area contributed by atoms with E-state index in [0.717, 1.165) is 17.0 Å². The molecule has 0 bridgehead atoms. The van der Waals surface area contributed by atoms with Crippen LogP contribution in [0.15, 0.2) is 48.5 Å². The third kappa shape index (κ3) is 3.85. The molecule has 3 heteroatoms. The number of aryl methyl sites for hydroxylation is 1. The van der Waals surface area contributed by atoms with E-state index < -0.39 is 0 Å². The standard InChI is InChI=1S/C16H17NO2/c1-12-6-8-13(9-7-12)10-16(18)17-14-4-3-5-15(11-14)19-2/h3-9,11H,10H2,1-2H3,(H,17,18). The van der Waals surface area contributed by atoms with Crippen molar-refractivity contribution >= 4 is 11.6 Å². The maximum atomic E-state index is 11.9. The topological polar surface area (TPSA) is 38.3 Å². The number of amides is 1. The highest BCUT2D eigenvalue weighted by atomic mass is 16.5. The summed E-state index contributed by atoms with van der Waals surface area (Å²) in [5.41, 5.74) is 2.94. The molecule has 1 amide bonds. The van der Waals surface area contributed by atoms with Crippen molar-refractivity contribution in [2.24, 2.45) is 0 Å². The third-order valence-electron chi connectivity index (χ3n) is 2.84. The number of ether oxygens (including phenoxy) is 1. The molecule has 0 aliphatic rings. The predicted molar refractivity (Wildman–Crippen MR) is 76.5 cm³/mol. The Morgan fingerprint density at radius 3 is 2.58 bits per heavy atom.